The predicted octanol–water partition coefficient (Wildman–Crippen LogP) is -1.79. The van der Waals surface area contributed by atoms with Gasteiger partial charge in [0, 0.05) is 11.1 Å². The second-order valence-corrected chi connectivity index (χ2v) is 3.22. The molecule has 0 heterocycles. The maximum atomic E-state index is 11.8. The van der Waals surface area contributed by atoms with Crippen LogP contribution >= 0.6 is 0 Å². The topological polar surface area (TPSA) is 69.6 Å². The van der Waals surface area contributed by atoms with Crippen LogP contribution in [0.5, 0.6) is 5.75 Å². The molecule has 1 aromatic rings. The van der Waals surface area contributed by atoms with Crippen molar-refractivity contribution in [1.82, 2.24) is 0 Å². The largest absolute Gasteiger partial charge is 1.00 e. The van der Waals surface area contributed by atoms with Gasteiger partial charge in [0.15, 0.2) is 5.78 Å². The number of hydrogen-bond donors (Lipinski definition) is 1. The Hall–Kier alpha value is -1.37. The fraction of sp³-hybridized carbons (Fsp3) is 0.250. The Morgan fingerprint density at radius 2 is 2.12 bits per heavy atom. The van der Waals surface area contributed by atoms with Crippen molar-refractivity contribution in [3.05, 3.63) is 41.3 Å². The molecule has 0 aliphatic carbocycles. The Morgan fingerprint density at radius 1 is 1.47 bits per heavy atom. The Morgan fingerprint density at radius 3 is 2.65 bits per heavy atom. The second-order valence-electron chi connectivity index (χ2n) is 3.22. The van der Waals surface area contributed by atoms with Crippen LogP contribution in [0.4, 0.5) is 0 Å². The molecule has 0 saturated heterocycles. The first-order valence-electron chi connectivity index (χ1n) is 4.90. The molecule has 0 aliphatic rings. The van der Waals surface area contributed by atoms with Crippen LogP contribution in [0.2, 0.25) is 0 Å². The summed E-state index contributed by atoms with van der Waals surface area (Å²) in [5, 5.41) is 20.5. The molecule has 17 heavy (non-hydrogen) atoms. The molecule has 4 nitrogen and oxygen atoms in total. The number of ketones is 1. The number of aromatic hydroxyl groups is 1. The molecule has 0 aliphatic heterocycles. The molecule has 0 spiro atoms. The van der Waals surface area contributed by atoms with Crippen molar-refractivity contribution < 1.29 is 38.6 Å². The van der Waals surface area contributed by atoms with Gasteiger partial charge in [-0.3, -0.25) is 4.79 Å². The average molecular weight is 228 g/mol. The van der Waals surface area contributed by atoms with Gasteiger partial charge in [-0.15, -0.1) is 0 Å². The van der Waals surface area contributed by atoms with Crippen LogP contribution in [0.1, 0.15) is 24.2 Å². The first kappa shape index (κ1) is 15.6. The van der Waals surface area contributed by atoms with E-state index in [0.29, 0.717) is 0 Å². The standard InChI is InChI=1S/C12H14O4.Li/c1-3-16-12(15)8(2)11(14)9-5-4-6-10(13)7-9;/h4-7,13,15H,3H2,1-2H3;/q;+1/p-1. The first-order chi connectivity index (χ1) is 7.56. The van der Waals surface area contributed by atoms with Crippen LogP contribution in [0.3, 0.4) is 0 Å². The van der Waals surface area contributed by atoms with Gasteiger partial charge in [0.25, 0.3) is 0 Å². The van der Waals surface area contributed by atoms with Crippen molar-refractivity contribution in [1.29, 1.82) is 0 Å². The summed E-state index contributed by atoms with van der Waals surface area (Å²) in [6, 6.07) is 5.84. The number of rotatable bonds is 4. The van der Waals surface area contributed by atoms with Gasteiger partial charge in [-0.2, -0.15) is 0 Å². The van der Waals surface area contributed by atoms with Crippen LogP contribution in [0, 0.1) is 0 Å². The van der Waals surface area contributed by atoms with Crippen molar-refractivity contribution in [3.63, 3.8) is 0 Å². The van der Waals surface area contributed by atoms with Gasteiger partial charge in [0.1, 0.15) is 5.75 Å². The fourth-order valence-electron chi connectivity index (χ4n) is 1.20. The summed E-state index contributed by atoms with van der Waals surface area (Å²) in [4.78, 5) is 11.8. The quantitative estimate of drug-likeness (QED) is 0.286. The SMILES string of the molecule is CCOC([O-])=C(C)C(=O)c1cccc(O)c1.[Li+]. The van der Waals surface area contributed by atoms with E-state index in [1.165, 1.54) is 25.1 Å². The summed E-state index contributed by atoms with van der Waals surface area (Å²) in [6.45, 7) is 3.30. The van der Waals surface area contributed by atoms with Crippen molar-refractivity contribution in [2.45, 2.75) is 13.8 Å². The number of benzene rings is 1. The number of ether oxygens (including phenoxy) is 1. The first-order valence-corrected chi connectivity index (χ1v) is 4.90. The Labute approximate surface area is 112 Å². The van der Waals surface area contributed by atoms with E-state index >= 15 is 0 Å². The maximum Gasteiger partial charge on any atom is 1.00 e. The zero-order valence-corrected chi connectivity index (χ0v) is 10.2. The van der Waals surface area contributed by atoms with Gasteiger partial charge in [-0.25, -0.2) is 0 Å². The summed E-state index contributed by atoms with van der Waals surface area (Å²) < 4.78 is 4.72. The van der Waals surface area contributed by atoms with Gasteiger partial charge in [-0.05, 0) is 25.7 Å². The molecule has 0 aromatic heterocycles. The molecule has 0 fully saturated rings. The fourth-order valence-corrected chi connectivity index (χ4v) is 1.20. The number of phenolic OH excluding ortho intramolecular Hbond substituents is 1. The third-order valence-electron chi connectivity index (χ3n) is 2.03. The van der Waals surface area contributed by atoms with E-state index in [1.807, 2.05) is 0 Å². The minimum absolute atomic E-state index is 0. The van der Waals surface area contributed by atoms with E-state index in [2.05, 4.69) is 0 Å². The van der Waals surface area contributed by atoms with Crippen LogP contribution in [-0.4, -0.2) is 17.5 Å². The van der Waals surface area contributed by atoms with E-state index < -0.39 is 11.7 Å². The molecule has 1 aromatic carbocycles. The minimum atomic E-state index is -0.629. The van der Waals surface area contributed by atoms with Crippen LogP contribution in [-0.2, 0) is 4.74 Å². The average Bonchev–Trinajstić information content (AvgIpc) is 2.27. The number of carbonyl (C=O) groups is 1. The maximum absolute atomic E-state index is 11.8. The van der Waals surface area contributed by atoms with Gasteiger partial charge < -0.3 is 14.9 Å². The Kier molecular flexibility index (Phi) is 6.48. The second kappa shape index (κ2) is 7.05. The van der Waals surface area contributed by atoms with Gasteiger partial charge in [0.05, 0.1) is 5.95 Å². The molecule has 0 bridgehead atoms. The molecule has 0 amide bonds. The molecule has 86 valence electrons. The molecule has 0 saturated carbocycles. The zero-order valence-electron chi connectivity index (χ0n) is 10.2. The molecule has 5 heteroatoms. The predicted molar refractivity (Wildman–Crippen MR) is 56.8 cm³/mol. The monoisotopic (exact) mass is 228 g/mol. The van der Waals surface area contributed by atoms with E-state index in [0.717, 1.165) is 0 Å². The van der Waals surface area contributed by atoms with Gasteiger partial charge >= 0.3 is 18.9 Å². The molecule has 0 radical (unpaired) electrons. The van der Waals surface area contributed by atoms with Gasteiger partial charge in [0.2, 0.25) is 0 Å². The van der Waals surface area contributed by atoms with Crippen molar-refractivity contribution in [3.8, 4) is 5.75 Å². The molecule has 1 rings (SSSR count). The summed E-state index contributed by atoms with van der Waals surface area (Å²) >= 11 is 0. The van der Waals surface area contributed by atoms with Crippen molar-refractivity contribution in [2.24, 2.45) is 0 Å². The molecule has 1 N–H and O–H groups in total. The third kappa shape index (κ3) is 4.18. The summed E-state index contributed by atoms with van der Waals surface area (Å²) in [6.07, 6.45) is 0. The van der Waals surface area contributed by atoms with Crippen molar-refractivity contribution in [2.75, 3.05) is 6.61 Å². The van der Waals surface area contributed by atoms with E-state index in [-0.39, 0.29) is 42.4 Å². The molecular formula is C12H13LiO4. The number of Topliss-reactive ketones (excluding diaryl/α,β-unsaturated/α-hetero) is 1. The van der Waals surface area contributed by atoms with Crippen LogP contribution in [0.15, 0.2) is 35.8 Å². The number of phenols is 1. The van der Waals surface area contributed by atoms with Crippen LogP contribution < -0.4 is 24.0 Å². The van der Waals surface area contributed by atoms with Crippen molar-refractivity contribution >= 4 is 5.78 Å². The molecule has 0 atom stereocenters. The molecule has 0 unspecified atom stereocenters. The van der Waals surface area contributed by atoms with E-state index in [1.54, 1.807) is 13.0 Å². The summed E-state index contributed by atoms with van der Waals surface area (Å²) in [7, 11) is 0. The summed E-state index contributed by atoms with van der Waals surface area (Å²) in [5.41, 5.74) is 0.276. The normalized spacial score (nSPS) is 11.2. The van der Waals surface area contributed by atoms with E-state index in [4.69, 9.17) is 4.74 Å². The third-order valence-corrected chi connectivity index (χ3v) is 2.03. The van der Waals surface area contributed by atoms with Gasteiger partial charge in [-0.1, -0.05) is 19.1 Å². The number of hydrogen-bond acceptors (Lipinski definition) is 4. The smallest absolute Gasteiger partial charge is 0.613 e. The van der Waals surface area contributed by atoms with Crippen LogP contribution in [0.25, 0.3) is 0 Å². The summed E-state index contributed by atoms with van der Waals surface area (Å²) in [5.74, 6) is -1.08. The number of carbonyl (C=O) groups excluding carboxylic acids is 1. The Bertz CT molecular complexity index is 426. The number of allylic oxidation sites excluding steroid dienone is 1. The molecular weight excluding hydrogens is 215 g/mol. The Balaban J connectivity index is 0.00000256. The minimum Gasteiger partial charge on any atom is -0.613 e. The zero-order chi connectivity index (χ0) is 12.1. The van der Waals surface area contributed by atoms with E-state index in [9.17, 15) is 15.0 Å².